The van der Waals surface area contributed by atoms with Crippen LogP contribution in [0.4, 0.5) is 0 Å². The summed E-state index contributed by atoms with van der Waals surface area (Å²) < 4.78 is 5.43. The minimum Gasteiger partial charge on any atom is -0.496 e. The summed E-state index contributed by atoms with van der Waals surface area (Å²) in [5.74, 6) is 1.84. The van der Waals surface area contributed by atoms with E-state index in [2.05, 4.69) is 50.7 Å². The molecule has 0 N–H and O–H groups in total. The molecule has 1 aromatic rings. The molecule has 0 aliphatic heterocycles. The van der Waals surface area contributed by atoms with E-state index >= 15 is 0 Å². The molecule has 1 unspecified atom stereocenters. The summed E-state index contributed by atoms with van der Waals surface area (Å²) in [4.78, 5) is 2.22. The summed E-state index contributed by atoms with van der Waals surface area (Å²) in [6.07, 6.45) is 1.02. The molecule has 0 saturated carbocycles. The Morgan fingerprint density at radius 1 is 1.38 bits per heavy atom. The Hall–Kier alpha value is -0.670. The highest BCUT2D eigenvalue weighted by molar-refractivity contribution is 7.80. The van der Waals surface area contributed by atoms with Crippen molar-refractivity contribution < 1.29 is 4.74 Å². The van der Waals surface area contributed by atoms with Crippen molar-refractivity contribution in [2.24, 2.45) is 0 Å². The summed E-state index contributed by atoms with van der Waals surface area (Å²) in [5.41, 5.74) is 2.52. The topological polar surface area (TPSA) is 12.5 Å². The van der Waals surface area contributed by atoms with Crippen molar-refractivity contribution in [2.45, 2.75) is 19.4 Å². The van der Waals surface area contributed by atoms with Crippen LogP contribution >= 0.6 is 12.6 Å². The molecule has 0 fully saturated rings. The van der Waals surface area contributed by atoms with Crippen LogP contribution in [0.3, 0.4) is 0 Å². The Kier molecular flexibility index (Phi) is 5.16. The van der Waals surface area contributed by atoms with Gasteiger partial charge in [0.1, 0.15) is 5.75 Å². The SMILES string of the molecule is COc1ccc(C)cc1C(CCS)N(C)C. The first-order chi connectivity index (χ1) is 7.60. The van der Waals surface area contributed by atoms with E-state index in [-0.39, 0.29) is 0 Å². The minimum absolute atomic E-state index is 0.368. The number of rotatable bonds is 5. The summed E-state index contributed by atoms with van der Waals surface area (Å²) in [6, 6.07) is 6.69. The second kappa shape index (κ2) is 6.16. The van der Waals surface area contributed by atoms with E-state index in [1.807, 2.05) is 6.07 Å². The third-order valence-electron chi connectivity index (χ3n) is 2.77. The van der Waals surface area contributed by atoms with Gasteiger partial charge < -0.3 is 9.64 Å². The molecule has 90 valence electrons. The molecule has 0 spiro atoms. The third-order valence-corrected chi connectivity index (χ3v) is 3.03. The molecule has 16 heavy (non-hydrogen) atoms. The molecule has 3 heteroatoms. The van der Waals surface area contributed by atoms with Crippen LogP contribution in [-0.2, 0) is 0 Å². The first kappa shape index (κ1) is 13.4. The van der Waals surface area contributed by atoms with Crippen molar-refractivity contribution in [1.82, 2.24) is 4.90 Å². The maximum Gasteiger partial charge on any atom is 0.123 e. The van der Waals surface area contributed by atoms with Crippen molar-refractivity contribution in [3.8, 4) is 5.75 Å². The molecule has 2 nitrogen and oxygen atoms in total. The van der Waals surface area contributed by atoms with Crippen LogP contribution in [0, 0.1) is 6.92 Å². The van der Waals surface area contributed by atoms with Gasteiger partial charge in [0.25, 0.3) is 0 Å². The highest BCUT2D eigenvalue weighted by Crippen LogP contribution is 2.31. The normalized spacial score (nSPS) is 12.9. The second-order valence-electron chi connectivity index (χ2n) is 4.24. The van der Waals surface area contributed by atoms with E-state index in [9.17, 15) is 0 Å². The van der Waals surface area contributed by atoms with Gasteiger partial charge in [0.2, 0.25) is 0 Å². The first-order valence-corrected chi connectivity index (χ1v) is 6.15. The Balaban J connectivity index is 3.10. The quantitative estimate of drug-likeness (QED) is 0.793. The number of benzene rings is 1. The number of hydrogen-bond acceptors (Lipinski definition) is 3. The van der Waals surface area contributed by atoms with Crippen molar-refractivity contribution in [3.05, 3.63) is 29.3 Å². The van der Waals surface area contributed by atoms with Gasteiger partial charge in [-0.25, -0.2) is 0 Å². The van der Waals surface area contributed by atoms with Crippen LogP contribution in [-0.4, -0.2) is 31.9 Å². The number of methoxy groups -OCH3 is 1. The van der Waals surface area contributed by atoms with Gasteiger partial charge in [0, 0.05) is 11.6 Å². The average Bonchev–Trinajstić information content (AvgIpc) is 2.25. The van der Waals surface area contributed by atoms with Crippen LogP contribution in [0.25, 0.3) is 0 Å². The molecular weight excluding hydrogens is 218 g/mol. The molecular formula is C13H21NOS. The third kappa shape index (κ3) is 3.16. The lowest BCUT2D eigenvalue weighted by molar-refractivity contribution is 0.283. The Morgan fingerprint density at radius 2 is 2.06 bits per heavy atom. The molecule has 0 bridgehead atoms. The molecule has 0 amide bonds. The molecule has 0 radical (unpaired) electrons. The van der Waals surface area contributed by atoms with Crippen molar-refractivity contribution in [1.29, 1.82) is 0 Å². The molecule has 0 aromatic heterocycles. The van der Waals surface area contributed by atoms with Crippen LogP contribution < -0.4 is 4.74 Å². The van der Waals surface area contributed by atoms with Gasteiger partial charge in [0.15, 0.2) is 0 Å². The van der Waals surface area contributed by atoms with E-state index < -0.39 is 0 Å². The minimum atomic E-state index is 0.368. The van der Waals surface area contributed by atoms with Gasteiger partial charge in [0.05, 0.1) is 7.11 Å². The monoisotopic (exact) mass is 239 g/mol. The lowest BCUT2D eigenvalue weighted by Gasteiger charge is -2.26. The Morgan fingerprint density at radius 3 is 2.56 bits per heavy atom. The average molecular weight is 239 g/mol. The molecule has 0 aliphatic carbocycles. The zero-order valence-electron chi connectivity index (χ0n) is 10.5. The van der Waals surface area contributed by atoms with E-state index in [0.717, 1.165) is 17.9 Å². The van der Waals surface area contributed by atoms with Crippen LogP contribution in [0.5, 0.6) is 5.75 Å². The van der Waals surface area contributed by atoms with Gasteiger partial charge in [-0.3, -0.25) is 0 Å². The zero-order valence-corrected chi connectivity index (χ0v) is 11.4. The number of nitrogens with zero attached hydrogens (tertiary/aromatic N) is 1. The second-order valence-corrected chi connectivity index (χ2v) is 4.68. The zero-order chi connectivity index (χ0) is 12.1. The van der Waals surface area contributed by atoms with E-state index in [0.29, 0.717) is 6.04 Å². The predicted molar refractivity (Wildman–Crippen MR) is 72.6 cm³/mol. The standard InChI is InChI=1S/C13H21NOS/c1-10-5-6-13(15-4)11(9-10)12(7-8-16)14(2)3/h5-6,9,12,16H,7-8H2,1-4H3. The lowest BCUT2D eigenvalue weighted by Crippen LogP contribution is -2.21. The van der Waals surface area contributed by atoms with E-state index in [4.69, 9.17) is 4.74 Å². The lowest BCUT2D eigenvalue weighted by atomic mass is 10.00. The van der Waals surface area contributed by atoms with Gasteiger partial charge in [-0.1, -0.05) is 17.7 Å². The van der Waals surface area contributed by atoms with E-state index in [1.165, 1.54) is 11.1 Å². The highest BCUT2D eigenvalue weighted by Gasteiger charge is 2.17. The van der Waals surface area contributed by atoms with Crippen molar-refractivity contribution in [3.63, 3.8) is 0 Å². The predicted octanol–water partition coefficient (Wildman–Crippen LogP) is 2.93. The van der Waals surface area contributed by atoms with Crippen LogP contribution in [0.15, 0.2) is 18.2 Å². The first-order valence-electron chi connectivity index (χ1n) is 5.52. The largest absolute Gasteiger partial charge is 0.496 e. The van der Waals surface area contributed by atoms with Gasteiger partial charge in [-0.2, -0.15) is 12.6 Å². The van der Waals surface area contributed by atoms with Crippen molar-refractivity contribution in [2.75, 3.05) is 27.0 Å². The van der Waals surface area contributed by atoms with Crippen molar-refractivity contribution >= 4 is 12.6 Å². The summed E-state index contributed by atoms with van der Waals surface area (Å²) in [7, 11) is 5.91. The molecule has 0 aliphatic rings. The Bertz CT molecular complexity index is 339. The van der Waals surface area contributed by atoms with Crippen LogP contribution in [0.1, 0.15) is 23.6 Å². The molecule has 1 aromatic carbocycles. The maximum absolute atomic E-state index is 5.43. The highest BCUT2D eigenvalue weighted by atomic mass is 32.1. The molecule has 1 rings (SSSR count). The number of ether oxygens (including phenoxy) is 1. The molecule has 0 heterocycles. The smallest absolute Gasteiger partial charge is 0.123 e. The fourth-order valence-corrected chi connectivity index (χ4v) is 2.17. The number of thiol groups is 1. The number of aryl methyl sites for hydroxylation is 1. The fraction of sp³-hybridized carbons (Fsp3) is 0.538. The van der Waals surface area contributed by atoms with Gasteiger partial charge in [-0.05, 0) is 39.3 Å². The molecule has 1 atom stereocenters. The maximum atomic E-state index is 5.43. The summed E-state index contributed by atoms with van der Waals surface area (Å²) in [6.45, 7) is 2.11. The fourth-order valence-electron chi connectivity index (χ4n) is 1.93. The van der Waals surface area contributed by atoms with Gasteiger partial charge in [-0.15, -0.1) is 0 Å². The van der Waals surface area contributed by atoms with Crippen LogP contribution in [0.2, 0.25) is 0 Å². The number of hydrogen-bond donors (Lipinski definition) is 1. The summed E-state index contributed by atoms with van der Waals surface area (Å²) >= 11 is 4.33. The Labute approximate surface area is 104 Å². The summed E-state index contributed by atoms with van der Waals surface area (Å²) in [5, 5.41) is 0. The van der Waals surface area contributed by atoms with E-state index in [1.54, 1.807) is 7.11 Å². The van der Waals surface area contributed by atoms with Gasteiger partial charge >= 0.3 is 0 Å². The molecule has 0 saturated heterocycles.